The summed E-state index contributed by atoms with van der Waals surface area (Å²) in [5.74, 6) is -0.668. The summed E-state index contributed by atoms with van der Waals surface area (Å²) in [5, 5.41) is 2.88. The fourth-order valence-corrected chi connectivity index (χ4v) is 3.28. The summed E-state index contributed by atoms with van der Waals surface area (Å²) >= 11 is 0. The van der Waals surface area contributed by atoms with Gasteiger partial charge >= 0.3 is 0 Å². The van der Waals surface area contributed by atoms with Gasteiger partial charge in [-0.15, -0.1) is 0 Å². The standard InChI is InChI=1S/C23H29NO5/c1-14(2)24-19(25)8-6-7-16-9-11-17(12-10-16)13-18-15(3)20(26)22(28-4)23(29-5)21(18)27/h9-12,14H,6-8,13H2,1-5H3,(H,24,25). The number of benzene rings is 1. The summed E-state index contributed by atoms with van der Waals surface area (Å²) in [6.45, 7) is 5.53. The summed E-state index contributed by atoms with van der Waals surface area (Å²) in [6.07, 6.45) is 2.42. The van der Waals surface area contributed by atoms with Gasteiger partial charge in [0.15, 0.2) is 0 Å². The van der Waals surface area contributed by atoms with E-state index in [1.807, 2.05) is 38.1 Å². The van der Waals surface area contributed by atoms with Gasteiger partial charge in [0.1, 0.15) is 0 Å². The van der Waals surface area contributed by atoms with E-state index in [1.165, 1.54) is 14.2 Å². The highest BCUT2D eigenvalue weighted by molar-refractivity contribution is 6.23. The van der Waals surface area contributed by atoms with Gasteiger partial charge in [-0.05, 0) is 44.7 Å². The van der Waals surface area contributed by atoms with E-state index in [0.29, 0.717) is 24.0 Å². The normalized spacial score (nSPS) is 14.6. The van der Waals surface area contributed by atoms with Crippen LogP contribution in [0.3, 0.4) is 0 Å². The molecule has 0 radical (unpaired) electrons. The number of carbonyl (C=O) groups is 3. The van der Waals surface area contributed by atoms with Gasteiger partial charge in [-0.3, -0.25) is 14.4 Å². The first-order valence-electron chi connectivity index (χ1n) is 9.77. The Morgan fingerprint density at radius 2 is 1.52 bits per heavy atom. The fourth-order valence-electron chi connectivity index (χ4n) is 3.28. The van der Waals surface area contributed by atoms with Gasteiger partial charge in [0.2, 0.25) is 29.0 Å². The molecule has 1 aromatic rings. The first-order chi connectivity index (χ1) is 13.8. The first-order valence-corrected chi connectivity index (χ1v) is 9.77. The average molecular weight is 399 g/mol. The van der Waals surface area contributed by atoms with E-state index in [-0.39, 0.29) is 35.0 Å². The predicted octanol–water partition coefficient (Wildman–Crippen LogP) is 3.05. The van der Waals surface area contributed by atoms with Crippen LogP contribution in [-0.2, 0) is 36.7 Å². The van der Waals surface area contributed by atoms with Crippen LogP contribution >= 0.6 is 0 Å². The molecule has 1 aromatic carbocycles. The monoisotopic (exact) mass is 399 g/mol. The molecule has 0 saturated carbocycles. The van der Waals surface area contributed by atoms with Gasteiger partial charge in [0.05, 0.1) is 14.2 Å². The highest BCUT2D eigenvalue weighted by atomic mass is 16.5. The van der Waals surface area contributed by atoms with Crippen molar-refractivity contribution in [1.29, 1.82) is 0 Å². The molecule has 0 unspecified atom stereocenters. The third-order valence-electron chi connectivity index (χ3n) is 4.82. The number of amides is 1. The van der Waals surface area contributed by atoms with Crippen LogP contribution in [-0.4, -0.2) is 37.7 Å². The third kappa shape index (κ3) is 5.56. The molecule has 0 atom stereocenters. The Morgan fingerprint density at radius 3 is 2.07 bits per heavy atom. The summed E-state index contributed by atoms with van der Waals surface area (Å²) in [6, 6.07) is 8.04. The Labute approximate surface area is 172 Å². The van der Waals surface area contributed by atoms with Crippen LogP contribution in [0.15, 0.2) is 46.9 Å². The predicted molar refractivity (Wildman–Crippen MR) is 110 cm³/mol. The lowest BCUT2D eigenvalue weighted by Gasteiger charge is -2.20. The van der Waals surface area contributed by atoms with Crippen molar-refractivity contribution in [3.05, 3.63) is 58.1 Å². The van der Waals surface area contributed by atoms with E-state index in [0.717, 1.165) is 24.0 Å². The van der Waals surface area contributed by atoms with Crippen LogP contribution in [0.5, 0.6) is 0 Å². The lowest BCUT2D eigenvalue weighted by atomic mass is 9.88. The lowest BCUT2D eigenvalue weighted by molar-refractivity contribution is -0.121. The average Bonchev–Trinajstić information content (AvgIpc) is 2.68. The number of Topliss-reactive ketones (excluding diaryl/α,β-unsaturated/α-hetero) is 2. The van der Waals surface area contributed by atoms with Crippen LogP contribution in [0.2, 0.25) is 0 Å². The van der Waals surface area contributed by atoms with Gasteiger partial charge < -0.3 is 14.8 Å². The highest BCUT2D eigenvalue weighted by Crippen LogP contribution is 2.28. The number of carbonyl (C=O) groups excluding carboxylic acids is 3. The van der Waals surface area contributed by atoms with Gasteiger partial charge in [-0.2, -0.15) is 0 Å². The van der Waals surface area contributed by atoms with Crippen LogP contribution in [0.1, 0.15) is 44.7 Å². The van der Waals surface area contributed by atoms with Crippen molar-refractivity contribution in [1.82, 2.24) is 5.32 Å². The Bertz CT molecular complexity index is 847. The Balaban J connectivity index is 2.02. The number of ketones is 2. The summed E-state index contributed by atoms with van der Waals surface area (Å²) in [4.78, 5) is 36.9. The minimum Gasteiger partial charge on any atom is -0.489 e. The van der Waals surface area contributed by atoms with Gasteiger partial charge in [0, 0.05) is 30.0 Å². The molecular formula is C23H29NO5. The van der Waals surface area contributed by atoms with Crippen LogP contribution in [0, 0.1) is 0 Å². The molecule has 0 spiro atoms. The van der Waals surface area contributed by atoms with Crippen LogP contribution in [0.4, 0.5) is 0 Å². The molecule has 0 saturated heterocycles. The quantitative estimate of drug-likeness (QED) is 0.646. The number of allylic oxidation sites excluding steroid dienone is 2. The van der Waals surface area contributed by atoms with E-state index < -0.39 is 0 Å². The molecule has 6 nitrogen and oxygen atoms in total. The smallest absolute Gasteiger partial charge is 0.228 e. The molecule has 1 aliphatic carbocycles. The maximum atomic E-state index is 12.7. The SMILES string of the molecule is COC1=C(OC)C(=O)C(Cc2ccc(CCCC(=O)NC(C)C)cc2)=C(C)C1=O. The lowest BCUT2D eigenvalue weighted by Crippen LogP contribution is -2.29. The van der Waals surface area contributed by atoms with Crippen molar-refractivity contribution in [3.63, 3.8) is 0 Å². The second-order valence-electron chi connectivity index (χ2n) is 7.40. The minimum atomic E-state index is -0.324. The number of nitrogens with one attached hydrogen (secondary N) is 1. The van der Waals surface area contributed by atoms with Crippen molar-refractivity contribution in [2.75, 3.05) is 14.2 Å². The fraction of sp³-hybridized carbons (Fsp3) is 0.435. The van der Waals surface area contributed by atoms with Crippen molar-refractivity contribution in [2.45, 2.75) is 52.5 Å². The van der Waals surface area contributed by atoms with Crippen molar-refractivity contribution in [2.24, 2.45) is 0 Å². The zero-order valence-electron chi connectivity index (χ0n) is 17.8. The number of ether oxygens (including phenoxy) is 2. The molecule has 0 aromatic heterocycles. The van der Waals surface area contributed by atoms with Gasteiger partial charge in [-0.1, -0.05) is 24.3 Å². The van der Waals surface area contributed by atoms with Gasteiger partial charge in [-0.25, -0.2) is 0 Å². The largest absolute Gasteiger partial charge is 0.489 e. The Kier molecular flexibility index (Phi) is 7.76. The molecule has 0 bridgehead atoms. The number of methoxy groups -OCH3 is 2. The molecule has 156 valence electrons. The zero-order chi connectivity index (χ0) is 21.6. The third-order valence-corrected chi connectivity index (χ3v) is 4.82. The van der Waals surface area contributed by atoms with Crippen molar-refractivity contribution >= 4 is 17.5 Å². The minimum absolute atomic E-state index is 0.0457. The number of hydrogen-bond acceptors (Lipinski definition) is 5. The molecule has 0 fully saturated rings. The zero-order valence-corrected chi connectivity index (χ0v) is 17.8. The molecule has 0 heterocycles. The Morgan fingerprint density at radius 1 is 0.966 bits per heavy atom. The number of rotatable bonds is 9. The second-order valence-corrected chi connectivity index (χ2v) is 7.40. The summed E-state index contributed by atoms with van der Waals surface area (Å²) in [7, 11) is 2.71. The Hall–Kier alpha value is -2.89. The second kappa shape index (κ2) is 10.0. The van der Waals surface area contributed by atoms with E-state index in [1.54, 1.807) is 6.92 Å². The van der Waals surface area contributed by atoms with E-state index in [9.17, 15) is 14.4 Å². The highest BCUT2D eigenvalue weighted by Gasteiger charge is 2.34. The van der Waals surface area contributed by atoms with E-state index in [2.05, 4.69) is 5.32 Å². The number of hydrogen-bond donors (Lipinski definition) is 1. The molecular weight excluding hydrogens is 370 g/mol. The molecule has 1 aliphatic rings. The van der Waals surface area contributed by atoms with Crippen molar-refractivity contribution < 1.29 is 23.9 Å². The maximum Gasteiger partial charge on any atom is 0.228 e. The summed E-state index contributed by atoms with van der Waals surface area (Å²) < 4.78 is 10.2. The molecule has 1 N–H and O–H groups in total. The number of aryl methyl sites for hydroxylation is 1. The molecule has 29 heavy (non-hydrogen) atoms. The summed E-state index contributed by atoms with van der Waals surface area (Å²) in [5.41, 5.74) is 2.86. The van der Waals surface area contributed by atoms with Gasteiger partial charge in [0.25, 0.3) is 0 Å². The van der Waals surface area contributed by atoms with Crippen molar-refractivity contribution in [3.8, 4) is 0 Å². The molecule has 0 aliphatic heterocycles. The molecule has 1 amide bonds. The van der Waals surface area contributed by atoms with Crippen LogP contribution < -0.4 is 5.32 Å². The maximum absolute atomic E-state index is 12.7. The van der Waals surface area contributed by atoms with Crippen LogP contribution in [0.25, 0.3) is 0 Å². The van der Waals surface area contributed by atoms with E-state index in [4.69, 9.17) is 9.47 Å². The first kappa shape index (κ1) is 22.4. The molecule has 6 heteroatoms. The molecule has 2 rings (SSSR count). The topological polar surface area (TPSA) is 81.7 Å². The van der Waals surface area contributed by atoms with E-state index >= 15 is 0 Å².